The maximum Gasteiger partial charge on any atom is 0.242 e. The van der Waals surface area contributed by atoms with E-state index >= 15 is 0 Å². The Bertz CT molecular complexity index is 409. The second-order valence-corrected chi connectivity index (χ2v) is 5.46. The Morgan fingerprint density at radius 3 is 2.07 bits per heavy atom. The molecule has 0 bridgehead atoms. The summed E-state index contributed by atoms with van der Waals surface area (Å²) in [4.78, 5) is 0.365. The summed E-state index contributed by atoms with van der Waals surface area (Å²) in [5.41, 5.74) is 1.15. The Morgan fingerprint density at radius 1 is 1.13 bits per heavy atom. The summed E-state index contributed by atoms with van der Waals surface area (Å²) in [5, 5.41) is 0. The number of hydrogen-bond acceptors (Lipinski definition) is 2. The molecule has 0 N–H and O–H groups in total. The molecule has 0 saturated carbocycles. The second kappa shape index (κ2) is 4.77. The number of nitrogens with zero attached hydrogens (tertiary/aromatic N) is 1. The molecule has 1 rings (SSSR count). The molecule has 3 nitrogen and oxygen atoms in total. The van der Waals surface area contributed by atoms with E-state index in [4.69, 9.17) is 0 Å². The highest BCUT2D eigenvalue weighted by Crippen LogP contribution is 2.14. The van der Waals surface area contributed by atoms with E-state index in [1.54, 1.807) is 19.2 Å². The highest BCUT2D eigenvalue weighted by molar-refractivity contribution is 7.89. The first-order valence-electron chi connectivity index (χ1n) is 5.07. The zero-order chi connectivity index (χ0) is 11.5. The van der Waals surface area contributed by atoms with Gasteiger partial charge >= 0.3 is 0 Å². The van der Waals surface area contributed by atoms with Crippen LogP contribution in [0.1, 0.15) is 19.4 Å². The summed E-state index contributed by atoms with van der Waals surface area (Å²) in [6, 6.07) is 7.05. The molecule has 0 fully saturated rings. The Morgan fingerprint density at radius 2 is 1.67 bits per heavy atom. The van der Waals surface area contributed by atoms with Crippen molar-refractivity contribution < 1.29 is 8.42 Å². The van der Waals surface area contributed by atoms with E-state index < -0.39 is 10.0 Å². The maximum absolute atomic E-state index is 11.9. The van der Waals surface area contributed by atoms with Crippen LogP contribution in [0, 0.1) is 0 Å². The minimum Gasteiger partial charge on any atom is -0.207 e. The van der Waals surface area contributed by atoms with E-state index in [9.17, 15) is 8.42 Å². The molecule has 1 aromatic carbocycles. The van der Waals surface area contributed by atoms with Crippen molar-refractivity contribution in [3.63, 3.8) is 0 Å². The van der Waals surface area contributed by atoms with Crippen molar-refractivity contribution in [3.8, 4) is 0 Å². The fraction of sp³-hybridized carbons (Fsp3) is 0.455. The third kappa shape index (κ3) is 2.58. The van der Waals surface area contributed by atoms with Crippen LogP contribution in [0.3, 0.4) is 0 Å². The second-order valence-electron chi connectivity index (χ2n) is 3.42. The number of sulfonamides is 1. The molecule has 0 amide bonds. The predicted octanol–water partition coefficient (Wildman–Crippen LogP) is 1.89. The van der Waals surface area contributed by atoms with Crippen LogP contribution in [0.15, 0.2) is 29.2 Å². The van der Waals surface area contributed by atoms with E-state index in [0.29, 0.717) is 11.4 Å². The lowest BCUT2D eigenvalue weighted by Crippen LogP contribution is -2.26. The zero-order valence-electron chi connectivity index (χ0n) is 9.40. The highest BCUT2D eigenvalue weighted by atomic mass is 32.2. The Labute approximate surface area is 91.8 Å². The lowest BCUT2D eigenvalue weighted by molar-refractivity contribution is 0.486. The Hall–Kier alpha value is -0.870. The maximum atomic E-state index is 11.9. The lowest BCUT2D eigenvalue weighted by atomic mass is 10.2. The van der Waals surface area contributed by atoms with Crippen molar-refractivity contribution in [1.82, 2.24) is 4.31 Å². The van der Waals surface area contributed by atoms with Crippen molar-refractivity contribution in [1.29, 1.82) is 0 Å². The molecule has 0 aliphatic heterocycles. The fourth-order valence-electron chi connectivity index (χ4n) is 1.25. The van der Waals surface area contributed by atoms with Gasteiger partial charge in [0.25, 0.3) is 0 Å². The third-order valence-corrected chi connectivity index (χ3v) is 4.43. The van der Waals surface area contributed by atoms with E-state index in [-0.39, 0.29) is 0 Å². The molecule has 4 heteroatoms. The van der Waals surface area contributed by atoms with Gasteiger partial charge in [0.2, 0.25) is 10.0 Å². The minimum atomic E-state index is -3.28. The smallest absolute Gasteiger partial charge is 0.207 e. The van der Waals surface area contributed by atoms with Crippen LogP contribution in [0.4, 0.5) is 0 Å². The van der Waals surface area contributed by atoms with E-state index in [1.165, 1.54) is 4.31 Å². The molecule has 0 atom stereocenters. The Kier molecular flexibility index (Phi) is 3.88. The average Bonchev–Trinajstić information content (AvgIpc) is 2.28. The molecule has 1 aromatic rings. The number of hydrogen-bond donors (Lipinski definition) is 0. The van der Waals surface area contributed by atoms with Gasteiger partial charge in [-0.3, -0.25) is 0 Å². The van der Waals surface area contributed by atoms with Gasteiger partial charge in [0, 0.05) is 13.6 Å². The normalized spacial score (nSPS) is 12.0. The van der Waals surface area contributed by atoms with Gasteiger partial charge in [0.1, 0.15) is 0 Å². The third-order valence-electron chi connectivity index (χ3n) is 2.49. The van der Waals surface area contributed by atoms with Gasteiger partial charge in [-0.25, -0.2) is 12.7 Å². The van der Waals surface area contributed by atoms with Crippen LogP contribution in [-0.4, -0.2) is 26.3 Å². The molecule has 0 aliphatic carbocycles. The Balaban J connectivity index is 3.06. The van der Waals surface area contributed by atoms with Gasteiger partial charge in [-0.05, 0) is 24.1 Å². The van der Waals surface area contributed by atoms with Crippen LogP contribution in [0.2, 0.25) is 0 Å². The molecule has 0 saturated heterocycles. The molecule has 0 aliphatic rings. The molecular weight excluding hydrogens is 210 g/mol. The topological polar surface area (TPSA) is 37.4 Å². The van der Waals surface area contributed by atoms with Gasteiger partial charge in [0.05, 0.1) is 4.90 Å². The van der Waals surface area contributed by atoms with E-state index in [2.05, 4.69) is 0 Å². The van der Waals surface area contributed by atoms with Crippen LogP contribution in [0.25, 0.3) is 0 Å². The summed E-state index contributed by atoms with van der Waals surface area (Å²) in [6.45, 7) is 4.34. The van der Waals surface area contributed by atoms with E-state index in [1.807, 2.05) is 26.0 Å². The number of benzene rings is 1. The lowest BCUT2D eigenvalue weighted by Gasteiger charge is -2.14. The highest BCUT2D eigenvalue weighted by Gasteiger charge is 2.18. The monoisotopic (exact) mass is 227 g/mol. The summed E-state index contributed by atoms with van der Waals surface area (Å²) in [5.74, 6) is 0. The average molecular weight is 227 g/mol. The van der Waals surface area contributed by atoms with Crippen LogP contribution in [-0.2, 0) is 16.4 Å². The van der Waals surface area contributed by atoms with Gasteiger partial charge in [-0.15, -0.1) is 0 Å². The van der Waals surface area contributed by atoms with Gasteiger partial charge < -0.3 is 0 Å². The van der Waals surface area contributed by atoms with Crippen molar-refractivity contribution >= 4 is 10.0 Å². The molecular formula is C11H17NO2S. The molecule has 0 heterocycles. The number of aryl methyl sites for hydroxylation is 1. The standard InChI is InChI=1S/C11H17NO2S/c1-4-10-6-8-11(9-7-10)15(13,14)12(3)5-2/h6-9H,4-5H2,1-3H3. The first-order valence-corrected chi connectivity index (χ1v) is 6.51. The molecule has 0 spiro atoms. The van der Waals surface area contributed by atoms with Gasteiger partial charge in [-0.2, -0.15) is 0 Å². The quantitative estimate of drug-likeness (QED) is 0.787. The molecule has 15 heavy (non-hydrogen) atoms. The van der Waals surface area contributed by atoms with Crippen LogP contribution in [0.5, 0.6) is 0 Å². The largest absolute Gasteiger partial charge is 0.242 e. The predicted molar refractivity (Wildman–Crippen MR) is 61.3 cm³/mol. The molecule has 0 aromatic heterocycles. The van der Waals surface area contributed by atoms with Gasteiger partial charge in [-0.1, -0.05) is 26.0 Å². The first kappa shape index (κ1) is 12.2. The minimum absolute atomic E-state index is 0.365. The number of rotatable bonds is 4. The zero-order valence-corrected chi connectivity index (χ0v) is 10.2. The van der Waals surface area contributed by atoms with Crippen molar-refractivity contribution in [2.24, 2.45) is 0 Å². The summed E-state index contributed by atoms with van der Waals surface area (Å²) in [6.07, 6.45) is 0.921. The van der Waals surface area contributed by atoms with Crippen molar-refractivity contribution in [3.05, 3.63) is 29.8 Å². The summed E-state index contributed by atoms with van der Waals surface area (Å²) >= 11 is 0. The summed E-state index contributed by atoms with van der Waals surface area (Å²) in [7, 11) is -1.69. The van der Waals surface area contributed by atoms with Gasteiger partial charge in [0.15, 0.2) is 0 Å². The molecule has 0 radical (unpaired) electrons. The molecule has 0 unspecified atom stereocenters. The van der Waals surface area contributed by atoms with Crippen molar-refractivity contribution in [2.75, 3.05) is 13.6 Å². The first-order chi connectivity index (χ1) is 7.02. The molecule has 84 valence electrons. The van der Waals surface area contributed by atoms with Crippen molar-refractivity contribution in [2.45, 2.75) is 25.2 Å². The van der Waals surface area contributed by atoms with Crippen LogP contribution >= 0.6 is 0 Å². The summed E-state index contributed by atoms with van der Waals surface area (Å²) < 4.78 is 25.1. The van der Waals surface area contributed by atoms with E-state index in [0.717, 1.165) is 12.0 Å². The fourth-order valence-corrected chi connectivity index (χ4v) is 2.43. The van der Waals surface area contributed by atoms with Crippen LogP contribution < -0.4 is 0 Å². The SMILES string of the molecule is CCc1ccc(S(=O)(=O)N(C)CC)cc1.